The Bertz CT molecular complexity index is 470. The first kappa shape index (κ1) is 13.1. The van der Waals surface area contributed by atoms with E-state index in [2.05, 4.69) is 6.92 Å². The summed E-state index contributed by atoms with van der Waals surface area (Å²) in [5.74, 6) is -1.08. The average Bonchev–Trinajstić information content (AvgIpc) is 2.32. The summed E-state index contributed by atoms with van der Waals surface area (Å²) in [7, 11) is 0. The minimum atomic E-state index is -1.21. The number of aromatic carboxylic acids is 1. The topological polar surface area (TPSA) is 40.5 Å². The van der Waals surface area contributed by atoms with Crippen molar-refractivity contribution in [3.05, 3.63) is 28.5 Å². The Hall–Kier alpha value is -1.29. The van der Waals surface area contributed by atoms with Crippen molar-refractivity contribution >= 4 is 23.3 Å². The monoisotopic (exact) mass is 271 g/mol. The van der Waals surface area contributed by atoms with Crippen molar-refractivity contribution in [1.82, 2.24) is 0 Å². The van der Waals surface area contributed by atoms with Crippen molar-refractivity contribution < 1.29 is 14.3 Å². The second kappa shape index (κ2) is 5.14. The van der Waals surface area contributed by atoms with Gasteiger partial charge in [-0.1, -0.05) is 18.5 Å². The van der Waals surface area contributed by atoms with Crippen LogP contribution in [0, 0.1) is 11.7 Å². The molecule has 0 bridgehead atoms. The summed E-state index contributed by atoms with van der Waals surface area (Å²) in [5, 5.41) is 8.94. The van der Waals surface area contributed by atoms with Crippen molar-refractivity contribution in [3.63, 3.8) is 0 Å². The molecule has 1 aromatic carbocycles. The van der Waals surface area contributed by atoms with E-state index in [9.17, 15) is 9.18 Å². The fourth-order valence-corrected chi connectivity index (χ4v) is 2.43. The summed E-state index contributed by atoms with van der Waals surface area (Å²) in [5.41, 5.74) is 0.209. The molecule has 0 saturated carbocycles. The van der Waals surface area contributed by atoms with Crippen molar-refractivity contribution in [2.45, 2.75) is 19.8 Å². The summed E-state index contributed by atoms with van der Waals surface area (Å²) < 4.78 is 13.9. The van der Waals surface area contributed by atoms with Gasteiger partial charge < -0.3 is 10.0 Å². The van der Waals surface area contributed by atoms with Crippen molar-refractivity contribution in [3.8, 4) is 0 Å². The molecular weight excluding hydrogens is 257 g/mol. The van der Waals surface area contributed by atoms with Gasteiger partial charge >= 0.3 is 5.97 Å². The molecule has 0 amide bonds. The maximum atomic E-state index is 13.9. The van der Waals surface area contributed by atoms with Crippen LogP contribution in [0.3, 0.4) is 0 Å². The Labute approximate surface area is 110 Å². The molecule has 0 radical (unpaired) electrons. The molecule has 0 spiro atoms. The van der Waals surface area contributed by atoms with Crippen LogP contribution in [0.15, 0.2) is 12.1 Å². The summed E-state index contributed by atoms with van der Waals surface area (Å²) in [6.45, 7) is 3.73. The van der Waals surface area contributed by atoms with Gasteiger partial charge in [0, 0.05) is 13.1 Å². The highest BCUT2D eigenvalue weighted by Gasteiger charge is 2.21. The van der Waals surface area contributed by atoms with Gasteiger partial charge in [0.15, 0.2) is 0 Å². The van der Waals surface area contributed by atoms with E-state index in [1.54, 1.807) is 0 Å². The quantitative estimate of drug-likeness (QED) is 0.896. The molecule has 0 aliphatic carbocycles. The minimum Gasteiger partial charge on any atom is -0.478 e. The predicted molar refractivity (Wildman–Crippen MR) is 69.0 cm³/mol. The number of anilines is 1. The Morgan fingerprint density at radius 2 is 2.06 bits per heavy atom. The number of carboxylic acids is 1. The van der Waals surface area contributed by atoms with Crippen molar-refractivity contribution in [2.75, 3.05) is 18.0 Å². The average molecular weight is 272 g/mol. The number of hydrogen-bond donors (Lipinski definition) is 1. The molecule has 0 aromatic heterocycles. The Morgan fingerprint density at radius 3 is 2.61 bits per heavy atom. The lowest BCUT2D eigenvalue weighted by Gasteiger charge is -2.32. The highest BCUT2D eigenvalue weighted by atomic mass is 35.5. The summed E-state index contributed by atoms with van der Waals surface area (Å²) in [6.07, 6.45) is 2.02. The number of carboxylic acid groups (broad SMARTS) is 1. The summed E-state index contributed by atoms with van der Waals surface area (Å²) >= 11 is 5.87. The van der Waals surface area contributed by atoms with Crippen LogP contribution < -0.4 is 4.90 Å². The lowest BCUT2D eigenvalue weighted by atomic mass is 9.98. The number of rotatable bonds is 2. The van der Waals surface area contributed by atoms with Crippen LogP contribution in [-0.4, -0.2) is 24.2 Å². The number of halogens is 2. The molecule has 1 N–H and O–H groups in total. The van der Waals surface area contributed by atoms with E-state index >= 15 is 0 Å². The molecule has 18 heavy (non-hydrogen) atoms. The SMILES string of the molecule is CC1CCN(c2cc(Cl)c(C(=O)O)cc2F)CC1. The van der Waals surface area contributed by atoms with Crippen LogP contribution in [0.2, 0.25) is 5.02 Å². The number of benzene rings is 1. The third kappa shape index (κ3) is 2.58. The van der Waals surface area contributed by atoms with Gasteiger partial charge in [-0.15, -0.1) is 0 Å². The zero-order valence-corrected chi connectivity index (χ0v) is 10.9. The third-order valence-corrected chi connectivity index (χ3v) is 3.70. The van der Waals surface area contributed by atoms with Crippen LogP contribution in [0.1, 0.15) is 30.1 Å². The van der Waals surface area contributed by atoms with Gasteiger partial charge in [-0.05, 0) is 30.9 Å². The first-order valence-electron chi connectivity index (χ1n) is 5.96. The van der Waals surface area contributed by atoms with Gasteiger partial charge in [0.25, 0.3) is 0 Å². The standard InChI is InChI=1S/C13H15ClFNO2/c1-8-2-4-16(5-3-8)12-7-10(14)9(13(17)18)6-11(12)15/h6-8H,2-5H2,1H3,(H,17,18). The van der Waals surface area contributed by atoms with Crippen molar-refractivity contribution in [2.24, 2.45) is 5.92 Å². The molecule has 1 heterocycles. The van der Waals surface area contributed by atoms with E-state index in [1.165, 1.54) is 6.07 Å². The number of piperidine rings is 1. The highest BCUT2D eigenvalue weighted by molar-refractivity contribution is 6.33. The van der Waals surface area contributed by atoms with E-state index in [-0.39, 0.29) is 10.6 Å². The van der Waals surface area contributed by atoms with Crippen LogP contribution in [0.5, 0.6) is 0 Å². The Kier molecular flexibility index (Phi) is 3.76. The molecule has 1 aliphatic rings. The van der Waals surface area contributed by atoms with E-state index in [0.717, 1.165) is 32.0 Å². The molecule has 0 unspecified atom stereocenters. The molecule has 1 saturated heterocycles. The molecule has 3 nitrogen and oxygen atoms in total. The number of hydrogen-bond acceptors (Lipinski definition) is 2. The molecule has 5 heteroatoms. The van der Waals surface area contributed by atoms with Crippen LogP contribution in [0.25, 0.3) is 0 Å². The fourth-order valence-electron chi connectivity index (χ4n) is 2.19. The summed E-state index contributed by atoms with van der Waals surface area (Å²) in [6, 6.07) is 2.41. The van der Waals surface area contributed by atoms with Gasteiger partial charge in [-0.2, -0.15) is 0 Å². The molecule has 2 rings (SSSR count). The zero-order chi connectivity index (χ0) is 13.3. The first-order valence-corrected chi connectivity index (χ1v) is 6.34. The molecule has 98 valence electrons. The Balaban J connectivity index is 2.29. The minimum absolute atomic E-state index is 0.0810. The maximum Gasteiger partial charge on any atom is 0.337 e. The number of carbonyl (C=O) groups is 1. The second-order valence-electron chi connectivity index (χ2n) is 4.76. The van der Waals surface area contributed by atoms with Crippen LogP contribution in [0.4, 0.5) is 10.1 Å². The predicted octanol–water partition coefficient (Wildman–Crippen LogP) is 3.41. The van der Waals surface area contributed by atoms with Gasteiger partial charge in [-0.25, -0.2) is 9.18 Å². The van der Waals surface area contributed by atoms with Crippen LogP contribution >= 0.6 is 11.6 Å². The first-order chi connectivity index (χ1) is 8.49. The highest BCUT2D eigenvalue weighted by Crippen LogP contribution is 2.30. The fraction of sp³-hybridized carbons (Fsp3) is 0.462. The lowest BCUT2D eigenvalue weighted by Crippen LogP contribution is -2.33. The molecule has 0 atom stereocenters. The normalized spacial score (nSPS) is 16.9. The van der Waals surface area contributed by atoms with E-state index in [0.29, 0.717) is 11.6 Å². The Morgan fingerprint density at radius 1 is 1.44 bits per heavy atom. The second-order valence-corrected chi connectivity index (χ2v) is 5.17. The lowest BCUT2D eigenvalue weighted by molar-refractivity contribution is 0.0696. The molecule has 1 fully saturated rings. The maximum absolute atomic E-state index is 13.9. The van der Waals surface area contributed by atoms with Gasteiger partial charge in [0.05, 0.1) is 16.3 Å². The zero-order valence-electron chi connectivity index (χ0n) is 10.1. The van der Waals surface area contributed by atoms with Crippen molar-refractivity contribution in [1.29, 1.82) is 0 Å². The molecule has 1 aliphatic heterocycles. The van der Waals surface area contributed by atoms with Gasteiger partial charge in [-0.3, -0.25) is 0 Å². The van der Waals surface area contributed by atoms with E-state index in [4.69, 9.17) is 16.7 Å². The van der Waals surface area contributed by atoms with Crippen LogP contribution in [-0.2, 0) is 0 Å². The van der Waals surface area contributed by atoms with Gasteiger partial charge in [0.1, 0.15) is 5.82 Å². The largest absolute Gasteiger partial charge is 0.478 e. The van der Waals surface area contributed by atoms with E-state index in [1.807, 2.05) is 4.90 Å². The molecular formula is C13H15ClFNO2. The van der Waals surface area contributed by atoms with E-state index < -0.39 is 11.8 Å². The summed E-state index contributed by atoms with van der Waals surface area (Å²) in [4.78, 5) is 12.8. The smallest absolute Gasteiger partial charge is 0.337 e. The third-order valence-electron chi connectivity index (χ3n) is 3.39. The molecule has 1 aromatic rings. The number of nitrogens with zero attached hydrogens (tertiary/aromatic N) is 1. The van der Waals surface area contributed by atoms with Gasteiger partial charge in [0.2, 0.25) is 0 Å².